The summed E-state index contributed by atoms with van der Waals surface area (Å²) in [7, 11) is 0. The quantitative estimate of drug-likeness (QED) is 0.274. The molecule has 252 valence electrons. The van der Waals surface area contributed by atoms with Gasteiger partial charge in [-0.15, -0.1) is 0 Å². The van der Waals surface area contributed by atoms with Crippen LogP contribution in [0.1, 0.15) is 89.6 Å². The lowest BCUT2D eigenvalue weighted by Crippen LogP contribution is -2.56. The zero-order valence-corrected chi connectivity index (χ0v) is 28.6. The standard InChI is InChI=1S/C35H50N4O7/c1-10-18-39(31(42)26(21-28(36)40)38-33(44)46-35(7,8)9)29(25-17-16-22(2)19-23(25)3)30(41)37-27(32(43)45-34(4,5)6)20-24-14-12-11-13-15-24/h11-17,19,26-27,29H,10,18,20-21H2,1-9H3,(H2,36,40)(H,37,41)(H,38,44). The summed E-state index contributed by atoms with van der Waals surface area (Å²) in [6, 6.07) is 10.9. The van der Waals surface area contributed by atoms with E-state index in [1.807, 2.05) is 63.2 Å². The monoisotopic (exact) mass is 638 g/mol. The van der Waals surface area contributed by atoms with Gasteiger partial charge in [-0.3, -0.25) is 14.4 Å². The van der Waals surface area contributed by atoms with Crippen LogP contribution in [0.25, 0.3) is 0 Å². The molecule has 0 fully saturated rings. The Morgan fingerprint density at radius 1 is 0.848 bits per heavy atom. The highest BCUT2D eigenvalue weighted by atomic mass is 16.6. The number of aryl methyl sites for hydroxylation is 2. The van der Waals surface area contributed by atoms with E-state index in [0.717, 1.165) is 16.7 Å². The second-order valence-corrected chi connectivity index (χ2v) is 13.4. The Hall–Kier alpha value is -4.41. The van der Waals surface area contributed by atoms with Crippen molar-refractivity contribution in [3.63, 3.8) is 0 Å². The summed E-state index contributed by atoms with van der Waals surface area (Å²) in [4.78, 5) is 68.2. The number of nitrogens with zero attached hydrogens (tertiary/aromatic N) is 1. The summed E-state index contributed by atoms with van der Waals surface area (Å²) in [5, 5.41) is 5.33. The van der Waals surface area contributed by atoms with Gasteiger partial charge in [-0.25, -0.2) is 9.59 Å². The highest BCUT2D eigenvalue weighted by Gasteiger charge is 2.39. The van der Waals surface area contributed by atoms with Crippen molar-refractivity contribution < 1.29 is 33.4 Å². The van der Waals surface area contributed by atoms with Gasteiger partial charge in [0.05, 0.1) is 6.42 Å². The Balaban J connectivity index is 2.63. The van der Waals surface area contributed by atoms with E-state index in [1.165, 1.54) is 4.90 Å². The number of esters is 1. The Bertz CT molecular complexity index is 1380. The van der Waals surface area contributed by atoms with Gasteiger partial charge in [-0.05, 0) is 78.5 Å². The van der Waals surface area contributed by atoms with Crippen LogP contribution in [0.4, 0.5) is 4.79 Å². The summed E-state index contributed by atoms with van der Waals surface area (Å²) in [5.41, 5.74) is 6.79. The lowest BCUT2D eigenvalue weighted by molar-refractivity contribution is -0.159. The Kier molecular flexibility index (Phi) is 13.3. The molecule has 2 rings (SSSR count). The summed E-state index contributed by atoms with van der Waals surface area (Å²) < 4.78 is 11.0. The molecule has 0 aliphatic rings. The number of nitrogens with one attached hydrogen (secondary N) is 2. The van der Waals surface area contributed by atoms with E-state index < -0.39 is 65.5 Å². The predicted octanol–water partition coefficient (Wildman–Crippen LogP) is 4.42. The molecule has 0 heterocycles. The minimum atomic E-state index is -1.41. The predicted molar refractivity (Wildman–Crippen MR) is 176 cm³/mol. The molecule has 0 aliphatic heterocycles. The minimum absolute atomic E-state index is 0.0886. The molecule has 0 aromatic heterocycles. The first-order valence-electron chi connectivity index (χ1n) is 15.5. The third-order valence-electron chi connectivity index (χ3n) is 6.71. The van der Waals surface area contributed by atoms with Gasteiger partial charge in [0, 0.05) is 13.0 Å². The molecule has 3 atom stereocenters. The SMILES string of the molecule is CCCN(C(=O)C(CC(N)=O)NC(=O)OC(C)(C)C)C(C(=O)NC(Cc1ccccc1)C(=O)OC(C)(C)C)c1ccc(C)cc1C. The molecular formula is C35H50N4O7. The number of carbonyl (C=O) groups excluding carboxylic acids is 5. The molecule has 0 saturated carbocycles. The molecule has 2 aromatic carbocycles. The topological polar surface area (TPSA) is 157 Å². The van der Waals surface area contributed by atoms with Crippen molar-refractivity contribution in [1.82, 2.24) is 15.5 Å². The van der Waals surface area contributed by atoms with Gasteiger partial charge >= 0.3 is 12.1 Å². The average molecular weight is 639 g/mol. The lowest BCUT2D eigenvalue weighted by atomic mass is 9.95. The summed E-state index contributed by atoms with van der Waals surface area (Å²) >= 11 is 0. The number of hydrogen-bond donors (Lipinski definition) is 3. The van der Waals surface area contributed by atoms with Gasteiger partial charge < -0.3 is 30.7 Å². The number of amides is 4. The van der Waals surface area contributed by atoms with E-state index in [4.69, 9.17) is 15.2 Å². The number of hydrogen-bond acceptors (Lipinski definition) is 7. The van der Waals surface area contributed by atoms with Gasteiger partial charge in [0.25, 0.3) is 0 Å². The third-order valence-corrected chi connectivity index (χ3v) is 6.71. The summed E-state index contributed by atoms with van der Waals surface area (Å²) in [6.45, 7) is 15.9. The van der Waals surface area contributed by atoms with E-state index in [0.29, 0.717) is 12.0 Å². The molecule has 4 amide bonds. The Morgan fingerprint density at radius 3 is 1.98 bits per heavy atom. The van der Waals surface area contributed by atoms with Crippen molar-refractivity contribution in [3.05, 3.63) is 70.8 Å². The molecule has 3 unspecified atom stereocenters. The van der Waals surface area contributed by atoms with Gasteiger partial charge in [0.1, 0.15) is 29.3 Å². The number of rotatable bonds is 13. The highest BCUT2D eigenvalue weighted by molar-refractivity contribution is 5.95. The minimum Gasteiger partial charge on any atom is -0.458 e. The van der Waals surface area contributed by atoms with Crippen molar-refractivity contribution in [2.45, 2.75) is 111 Å². The molecule has 46 heavy (non-hydrogen) atoms. The van der Waals surface area contributed by atoms with E-state index in [1.54, 1.807) is 47.6 Å². The van der Waals surface area contributed by atoms with E-state index in [9.17, 15) is 24.0 Å². The van der Waals surface area contributed by atoms with Crippen LogP contribution in [0, 0.1) is 13.8 Å². The number of ether oxygens (including phenoxy) is 2. The molecule has 11 nitrogen and oxygen atoms in total. The van der Waals surface area contributed by atoms with Crippen molar-refractivity contribution >= 4 is 29.8 Å². The lowest BCUT2D eigenvalue weighted by Gasteiger charge is -2.35. The summed E-state index contributed by atoms with van der Waals surface area (Å²) in [5.74, 6) is -2.79. The van der Waals surface area contributed by atoms with Crippen molar-refractivity contribution in [1.29, 1.82) is 0 Å². The van der Waals surface area contributed by atoms with E-state index in [2.05, 4.69) is 10.6 Å². The molecule has 2 aromatic rings. The van der Waals surface area contributed by atoms with Crippen LogP contribution in [0.15, 0.2) is 48.5 Å². The Morgan fingerprint density at radius 2 is 1.46 bits per heavy atom. The number of alkyl carbamates (subject to hydrolysis) is 1. The molecule has 0 bridgehead atoms. The van der Waals surface area contributed by atoms with Crippen LogP contribution in [0.3, 0.4) is 0 Å². The number of nitrogens with two attached hydrogens (primary N) is 1. The van der Waals surface area contributed by atoms with Crippen LogP contribution in [0.2, 0.25) is 0 Å². The maximum atomic E-state index is 14.4. The third kappa shape index (κ3) is 12.2. The molecule has 4 N–H and O–H groups in total. The number of carbonyl (C=O) groups is 5. The first-order valence-corrected chi connectivity index (χ1v) is 15.5. The fourth-order valence-electron chi connectivity index (χ4n) is 4.91. The maximum Gasteiger partial charge on any atom is 0.408 e. The van der Waals surface area contributed by atoms with Crippen LogP contribution in [-0.2, 0) is 35.1 Å². The normalized spacial score (nSPS) is 13.5. The zero-order chi connectivity index (χ0) is 34.8. The van der Waals surface area contributed by atoms with Crippen LogP contribution >= 0.6 is 0 Å². The number of benzene rings is 2. The van der Waals surface area contributed by atoms with Crippen LogP contribution < -0.4 is 16.4 Å². The largest absolute Gasteiger partial charge is 0.458 e. The second kappa shape index (κ2) is 16.2. The second-order valence-electron chi connectivity index (χ2n) is 13.4. The molecular weight excluding hydrogens is 588 g/mol. The van der Waals surface area contributed by atoms with Crippen LogP contribution in [0.5, 0.6) is 0 Å². The van der Waals surface area contributed by atoms with Crippen LogP contribution in [-0.4, -0.2) is 64.5 Å². The fraction of sp³-hybridized carbons (Fsp3) is 0.514. The average Bonchev–Trinajstić information content (AvgIpc) is 2.91. The van der Waals surface area contributed by atoms with Gasteiger partial charge in [0.15, 0.2) is 0 Å². The van der Waals surface area contributed by atoms with E-state index in [-0.39, 0.29) is 13.0 Å². The molecule has 0 spiro atoms. The van der Waals surface area contributed by atoms with Crippen molar-refractivity contribution in [2.75, 3.05) is 6.54 Å². The highest BCUT2D eigenvalue weighted by Crippen LogP contribution is 2.28. The van der Waals surface area contributed by atoms with Gasteiger partial charge in [0.2, 0.25) is 17.7 Å². The van der Waals surface area contributed by atoms with Gasteiger partial charge in [-0.1, -0.05) is 61.0 Å². The molecule has 11 heteroatoms. The summed E-state index contributed by atoms with van der Waals surface area (Å²) in [6.07, 6.45) is -0.847. The number of primary amides is 1. The maximum absolute atomic E-state index is 14.4. The molecule has 0 radical (unpaired) electrons. The Labute approximate surface area is 272 Å². The molecule has 0 saturated heterocycles. The van der Waals surface area contributed by atoms with Gasteiger partial charge in [-0.2, -0.15) is 0 Å². The van der Waals surface area contributed by atoms with Crippen molar-refractivity contribution in [3.8, 4) is 0 Å². The molecule has 0 aliphatic carbocycles. The smallest absolute Gasteiger partial charge is 0.408 e. The first kappa shape index (κ1) is 37.8. The van der Waals surface area contributed by atoms with Crippen molar-refractivity contribution in [2.24, 2.45) is 5.73 Å². The zero-order valence-electron chi connectivity index (χ0n) is 28.6. The first-order chi connectivity index (χ1) is 21.3. The van der Waals surface area contributed by atoms with E-state index >= 15 is 0 Å². The fourth-order valence-corrected chi connectivity index (χ4v) is 4.91.